The SMILES string of the molecule is CC1Oc2ccccc2OC1C(=O)N(C)CC1CC(O)C1. The summed E-state index contributed by atoms with van der Waals surface area (Å²) < 4.78 is 11.6. The Balaban J connectivity index is 1.64. The van der Waals surface area contributed by atoms with E-state index in [0.29, 0.717) is 24.0 Å². The quantitative estimate of drug-likeness (QED) is 0.915. The fraction of sp³-hybridized carbons (Fsp3) is 0.562. The molecule has 2 atom stereocenters. The Bertz CT molecular complexity index is 527. The van der Waals surface area contributed by atoms with Crippen molar-refractivity contribution in [1.82, 2.24) is 4.90 Å². The van der Waals surface area contributed by atoms with Gasteiger partial charge in [0.25, 0.3) is 5.91 Å². The molecule has 1 amide bonds. The van der Waals surface area contributed by atoms with E-state index in [1.165, 1.54) is 0 Å². The third-order valence-electron chi connectivity index (χ3n) is 4.20. The number of nitrogens with zero attached hydrogens (tertiary/aromatic N) is 1. The number of carbonyl (C=O) groups excluding carboxylic acids is 1. The molecular formula is C16H21NO4. The second-order valence-electron chi connectivity index (χ2n) is 6.02. The van der Waals surface area contributed by atoms with Crippen LogP contribution in [0.2, 0.25) is 0 Å². The fourth-order valence-electron chi connectivity index (χ4n) is 2.93. The molecule has 21 heavy (non-hydrogen) atoms. The van der Waals surface area contributed by atoms with E-state index < -0.39 is 6.10 Å². The van der Waals surface area contributed by atoms with Crippen molar-refractivity contribution in [1.29, 1.82) is 0 Å². The topological polar surface area (TPSA) is 59.0 Å². The highest BCUT2D eigenvalue weighted by Crippen LogP contribution is 2.34. The first-order chi connectivity index (χ1) is 10.0. The molecular weight excluding hydrogens is 270 g/mol. The van der Waals surface area contributed by atoms with Gasteiger partial charge in [-0.05, 0) is 37.8 Å². The zero-order chi connectivity index (χ0) is 15.0. The number of benzene rings is 1. The lowest BCUT2D eigenvalue weighted by Crippen LogP contribution is -2.51. The predicted molar refractivity (Wildman–Crippen MR) is 77.3 cm³/mol. The molecule has 1 aromatic carbocycles. The maximum Gasteiger partial charge on any atom is 0.267 e. The highest BCUT2D eigenvalue weighted by Gasteiger charge is 2.37. The summed E-state index contributed by atoms with van der Waals surface area (Å²) in [5, 5.41) is 9.32. The van der Waals surface area contributed by atoms with Gasteiger partial charge in [0.1, 0.15) is 6.10 Å². The molecule has 2 aliphatic rings. The van der Waals surface area contributed by atoms with E-state index in [1.807, 2.05) is 31.2 Å². The number of hydrogen-bond donors (Lipinski definition) is 1. The predicted octanol–water partition coefficient (Wildman–Crippen LogP) is 1.44. The molecule has 1 aromatic rings. The van der Waals surface area contributed by atoms with Crippen molar-refractivity contribution in [3.63, 3.8) is 0 Å². The summed E-state index contributed by atoms with van der Waals surface area (Å²) in [6, 6.07) is 7.39. The van der Waals surface area contributed by atoms with Crippen molar-refractivity contribution in [3.8, 4) is 11.5 Å². The molecule has 1 aliphatic carbocycles. The Labute approximate surface area is 124 Å². The zero-order valence-corrected chi connectivity index (χ0v) is 12.4. The summed E-state index contributed by atoms with van der Waals surface area (Å²) in [4.78, 5) is 14.2. The van der Waals surface area contributed by atoms with Crippen molar-refractivity contribution in [2.45, 2.75) is 38.1 Å². The smallest absolute Gasteiger partial charge is 0.267 e. The minimum Gasteiger partial charge on any atom is -0.482 e. The van der Waals surface area contributed by atoms with Crippen LogP contribution in [0.4, 0.5) is 0 Å². The number of ether oxygens (including phenoxy) is 2. The minimum absolute atomic E-state index is 0.0709. The van der Waals surface area contributed by atoms with Crippen LogP contribution in [0.15, 0.2) is 24.3 Å². The van der Waals surface area contributed by atoms with Crippen molar-refractivity contribution < 1.29 is 19.4 Å². The third-order valence-corrected chi connectivity index (χ3v) is 4.20. The Morgan fingerprint density at radius 1 is 1.29 bits per heavy atom. The van der Waals surface area contributed by atoms with Gasteiger partial charge < -0.3 is 19.5 Å². The van der Waals surface area contributed by atoms with Crippen LogP contribution < -0.4 is 9.47 Å². The second-order valence-corrected chi connectivity index (χ2v) is 6.02. The van der Waals surface area contributed by atoms with Crippen molar-refractivity contribution in [2.24, 2.45) is 5.92 Å². The zero-order valence-electron chi connectivity index (χ0n) is 12.4. The van der Waals surface area contributed by atoms with E-state index in [0.717, 1.165) is 12.8 Å². The lowest BCUT2D eigenvalue weighted by Gasteiger charge is -2.37. The normalized spacial score (nSPS) is 30.4. The van der Waals surface area contributed by atoms with E-state index in [2.05, 4.69) is 0 Å². The summed E-state index contributed by atoms with van der Waals surface area (Å²) in [5.74, 6) is 1.61. The summed E-state index contributed by atoms with van der Waals surface area (Å²) in [6.45, 7) is 2.50. The molecule has 1 saturated carbocycles. The van der Waals surface area contributed by atoms with E-state index in [1.54, 1.807) is 11.9 Å². The molecule has 114 valence electrons. The van der Waals surface area contributed by atoms with E-state index in [4.69, 9.17) is 9.47 Å². The van der Waals surface area contributed by atoms with Crippen LogP contribution in [-0.2, 0) is 4.79 Å². The van der Waals surface area contributed by atoms with Gasteiger partial charge in [-0.15, -0.1) is 0 Å². The Hall–Kier alpha value is -1.75. The average molecular weight is 291 g/mol. The van der Waals surface area contributed by atoms with Gasteiger partial charge in [-0.25, -0.2) is 0 Å². The summed E-state index contributed by atoms with van der Waals surface area (Å²) in [7, 11) is 1.78. The molecule has 1 N–H and O–H groups in total. The number of fused-ring (bicyclic) bond motifs is 1. The summed E-state index contributed by atoms with van der Waals surface area (Å²) >= 11 is 0. The highest BCUT2D eigenvalue weighted by atomic mass is 16.6. The van der Waals surface area contributed by atoms with E-state index >= 15 is 0 Å². The molecule has 1 aliphatic heterocycles. The van der Waals surface area contributed by atoms with Crippen LogP contribution in [0.1, 0.15) is 19.8 Å². The fourth-order valence-corrected chi connectivity index (χ4v) is 2.93. The molecule has 5 heteroatoms. The monoisotopic (exact) mass is 291 g/mol. The number of aliphatic hydroxyl groups excluding tert-OH is 1. The van der Waals surface area contributed by atoms with Gasteiger partial charge in [-0.3, -0.25) is 4.79 Å². The molecule has 0 spiro atoms. The minimum atomic E-state index is -0.616. The van der Waals surface area contributed by atoms with Crippen molar-refractivity contribution >= 4 is 5.91 Å². The van der Waals surface area contributed by atoms with Crippen molar-refractivity contribution in [3.05, 3.63) is 24.3 Å². The van der Waals surface area contributed by atoms with Gasteiger partial charge in [-0.2, -0.15) is 0 Å². The van der Waals surface area contributed by atoms with Crippen LogP contribution in [0.3, 0.4) is 0 Å². The Morgan fingerprint density at radius 2 is 1.90 bits per heavy atom. The first-order valence-corrected chi connectivity index (χ1v) is 7.40. The lowest BCUT2D eigenvalue weighted by molar-refractivity contribution is -0.144. The molecule has 1 fully saturated rings. The molecule has 0 aromatic heterocycles. The first-order valence-electron chi connectivity index (χ1n) is 7.40. The van der Waals surface area contributed by atoms with Crippen LogP contribution in [0.5, 0.6) is 11.5 Å². The van der Waals surface area contributed by atoms with Crippen LogP contribution in [0, 0.1) is 5.92 Å². The van der Waals surface area contributed by atoms with Crippen LogP contribution in [0.25, 0.3) is 0 Å². The van der Waals surface area contributed by atoms with Gasteiger partial charge in [-0.1, -0.05) is 12.1 Å². The van der Waals surface area contributed by atoms with Crippen molar-refractivity contribution in [2.75, 3.05) is 13.6 Å². The second kappa shape index (κ2) is 5.56. The molecule has 0 radical (unpaired) electrons. The van der Waals surface area contributed by atoms with Gasteiger partial charge >= 0.3 is 0 Å². The van der Waals surface area contributed by atoms with Gasteiger partial charge in [0.2, 0.25) is 6.10 Å². The van der Waals surface area contributed by atoms with Gasteiger partial charge in [0, 0.05) is 13.6 Å². The largest absolute Gasteiger partial charge is 0.482 e. The van der Waals surface area contributed by atoms with E-state index in [-0.39, 0.29) is 18.1 Å². The molecule has 5 nitrogen and oxygen atoms in total. The molecule has 2 unspecified atom stereocenters. The molecule has 0 bridgehead atoms. The molecule has 3 rings (SSSR count). The lowest BCUT2D eigenvalue weighted by atomic mass is 9.82. The van der Waals surface area contributed by atoms with Gasteiger partial charge in [0.15, 0.2) is 11.5 Å². The van der Waals surface area contributed by atoms with Gasteiger partial charge in [0.05, 0.1) is 6.10 Å². The average Bonchev–Trinajstić information content (AvgIpc) is 2.44. The molecule has 1 heterocycles. The maximum absolute atomic E-state index is 12.5. The maximum atomic E-state index is 12.5. The molecule has 0 saturated heterocycles. The first kappa shape index (κ1) is 14.2. The Kier molecular flexibility index (Phi) is 3.76. The number of carbonyl (C=O) groups is 1. The highest BCUT2D eigenvalue weighted by molar-refractivity contribution is 5.82. The number of hydrogen-bond acceptors (Lipinski definition) is 4. The number of aliphatic hydroxyl groups is 1. The number of likely N-dealkylation sites (N-methyl/N-ethyl adjacent to an activating group) is 1. The standard InChI is InChI=1S/C16H21NO4/c1-10-15(21-14-6-4-3-5-13(14)20-10)16(19)17(2)9-11-7-12(18)8-11/h3-6,10-12,15,18H,7-9H2,1-2H3. The summed E-state index contributed by atoms with van der Waals surface area (Å²) in [6.07, 6.45) is 0.422. The Morgan fingerprint density at radius 3 is 2.52 bits per heavy atom. The third kappa shape index (κ3) is 2.83. The number of para-hydroxylation sites is 2. The summed E-state index contributed by atoms with van der Waals surface area (Å²) in [5.41, 5.74) is 0. The van der Waals surface area contributed by atoms with Crippen LogP contribution in [-0.4, -0.2) is 47.8 Å². The van der Waals surface area contributed by atoms with Crippen LogP contribution >= 0.6 is 0 Å². The number of amides is 1. The number of rotatable bonds is 3. The van der Waals surface area contributed by atoms with E-state index in [9.17, 15) is 9.90 Å².